The van der Waals surface area contributed by atoms with Crippen LogP contribution >= 0.6 is 0 Å². The van der Waals surface area contributed by atoms with Crippen molar-refractivity contribution in [3.8, 4) is 0 Å². The van der Waals surface area contributed by atoms with E-state index in [-0.39, 0.29) is 5.60 Å². The molecule has 2 unspecified atom stereocenters. The summed E-state index contributed by atoms with van der Waals surface area (Å²) in [7, 11) is 1.72. The number of aromatic nitrogens is 4. The van der Waals surface area contributed by atoms with Crippen molar-refractivity contribution in [3.63, 3.8) is 0 Å². The molecule has 0 aromatic carbocycles. The summed E-state index contributed by atoms with van der Waals surface area (Å²) in [6.07, 6.45) is 2.58. The smallest absolute Gasteiger partial charge is 0.177 e. The van der Waals surface area contributed by atoms with Crippen molar-refractivity contribution in [1.82, 2.24) is 20.2 Å². The molecule has 2 atom stereocenters. The van der Waals surface area contributed by atoms with E-state index in [1.54, 1.807) is 7.05 Å². The van der Waals surface area contributed by atoms with Crippen LogP contribution in [0.15, 0.2) is 0 Å². The summed E-state index contributed by atoms with van der Waals surface area (Å²) in [6.45, 7) is 4.70. The van der Waals surface area contributed by atoms with Crippen LogP contribution in [-0.4, -0.2) is 43.1 Å². The second-order valence-electron chi connectivity index (χ2n) is 5.17. The lowest BCUT2D eigenvalue weighted by Gasteiger charge is -2.42. The molecule has 1 N–H and O–H groups in total. The van der Waals surface area contributed by atoms with E-state index in [0.717, 1.165) is 6.42 Å². The molecule has 96 valence electrons. The molecule has 6 heteroatoms. The van der Waals surface area contributed by atoms with Gasteiger partial charge in [0.2, 0.25) is 0 Å². The number of aryl methyl sites for hydroxylation is 1. The molecule has 0 saturated carbocycles. The standard InChI is InChI=1S/C11H20N4O2/c1-4-10(2)8-11(16,5-6-17-10)7-9-12-14-15(3)13-9/h16H,4-8H2,1-3H3. The molecule has 1 fully saturated rings. The first-order chi connectivity index (χ1) is 7.95. The summed E-state index contributed by atoms with van der Waals surface area (Å²) >= 11 is 0. The van der Waals surface area contributed by atoms with Gasteiger partial charge >= 0.3 is 0 Å². The van der Waals surface area contributed by atoms with Gasteiger partial charge in [-0.3, -0.25) is 0 Å². The van der Waals surface area contributed by atoms with E-state index in [1.807, 2.05) is 6.92 Å². The molecular formula is C11H20N4O2. The fourth-order valence-electron chi connectivity index (χ4n) is 2.39. The minimum absolute atomic E-state index is 0.241. The summed E-state index contributed by atoms with van der Waals surface area (Å²) in [4.78, 5) is 1.41. The lowest BCUT2D eigenvalue weighted by Crippen LogP contribution is -2.48. The van der Waals surface area contributed by atoms with Gasteiger partial charge in [-0.1, -0.05) is 6.92 Å². The lowest BCUT2D eigenvalue weighted by molar-refractivity contribution is -0.153. The molecule has 2 heterocycles. The number of hydrogen-bond acceptors (Lipinski definition) is 5. The molecule has 1 aromatic heterocycles. The Hall–Kier alpha value is -1.01. The monoisotopic (exact) mass is 240 g/mol. The molecule has 2 rings (SSSR count). The van der Waals surface area contributed by atoms with Crippen LogP contribution in [0.3, 0.4) is 0 Å². The van der Waals surface area contributed by atoms with Crippen molar-refractivity contribution < 1.29 is 9.84 Å². The lowest BCUT2D eigenvalue weighted by atomic mass is 9.80. The Labute approximate surface area is 101 Å². The van der Waals surface area contributed by atoms with E-state index in [2.05, 4.69) is 22.3 Å². The van der Waals surface area contributed by atoms with Gasteiger partial charge in [-0.2, -0.15) is 4.80 Å². The van der Waals surface area contributed by atoms with Crippen LogP contribution in [0, 0.1) is 0 Å². The van der Waals surface area contributed by atoms with Crippen LogP contribution in [-0.2, 0) is 18.2 Å². The van der Waals surface area contributed by atoms with Crippen molar-refractivity contribution >= 4 is 0 Å². The van der Waals surface area contributed by atoms with Crippen LogP contribution < -0.4 is 0 Å². The fourth-order valence-corrected chi connectivity index (χ4v) is 2.39. The van der Waals surface area contributed by atoms with E-state index in [4.69, 9.17) is 4.74 Å². The largest absolute Gasteiger partial charge is 0.389 e. The normalized spacial score (nSPS) is 33.9. The Morgan fingerprint density at radius 1 is 1.53 bits per heavy atom. The minimum atomic E-state index is -0.772. The van der Waals surface area contributed by atoms with E-state index < -0.39 is 5.60 Å². The van der Waals surface area contributed by atoms with Gasteiger partial charge in [0.25, 0.3) is 0 Å². The maximum atomic E-state index is 10.6. The highest BCUT2D eigenvalue weighted by Gasteiger charge is 2.41. The topological polar surface area (TPSA) is 73.1 Å². The first kappa shape index (κ1) is 12.4. The second-order valence-corrected chi connectivity index (χ2v) is 5.17. The van der Waals surface area contributed by atoms with Crippen molar-refractivity contribution in [2.24, 2.45) is 7.05 Å². The number of aliphatic hydroxyl groups is 1. The second kappa shape index (κ2) is 4.34. The van der Waals surface area contributed by atoms with E-state index in [9.17, 15) is 5.11 Å². The predicted molar refractivity (Wildman–Crippen MR) is 61.3 cm³/mol. The number of hydrogen-bond donors (Lipinski definition) is 1. The molecule has 0 amide bonds. The zero-order valence-electron chi connectivity index (χ0n) is 10.7. The zero-order valence-corrected chi connectivity index (χ0v) is 10.7. The molecule has 0 radical (unpaired) electrons. The summed E-state index contributed by atoms with van der Waals surface area (Å²) in [6, 6.07) is 0. The first-order valence-corrected chi connectivity index (χ1v) is 6.04. The third-order valence-electron chi connectivity index (χ3n) is 3.51. The van der Waals surface area contributed by atoms with Crippen molar-refractivity contribution in [2.45, 2.75) is 50.7 Å². The van der Waals surface area contributed by atoms with Crippen molar-refractivity contribution in [3.05, 3.63) is 5.82 Å². The zero-order chi connectivity index (χ0) is 12.5. The van der Waals surface area contributed by atoms with Gasteiger partial charge in [0.05, 0.1) is 24.9 Å². The molecule has 6 nitrogen and oxygen atoms in total. The number of nitrogens with zero attached hydrogens (tertiary/aromatic N) is 4. The Kier molecular flexibility index (Phi) is 3.18. The predicted octanol–water partition coefficient (Wildman–Crippen LogP) is 0.463. The Bertz CT molecular complexity index is 395. The van der Waals surface area contributed by atoms with Crippen LogP contribution in [0.4, 0.5) is 0 Å². The summed E-state index contributed by atoms with van der Waals surface area (Å²) in [5.74, 6) is 0.593. The molecule has 0 aliphatic carbocycles. The van der Waals surface area contributed by atoms with Crippen molar-refractivity contribution in [1.29, 1.82) is 0 Å². The van der Waals surface area contributed by atoms with Gasteiger partial charge in [-0.05, 0) is 18.6 Å². The minimum Gasteiger partial charge on any atom is -0.389 e. The van der Waals surface area contributed by atoms with Gasteiger partial charge in [-0.15, -0.1) is 10.2 Å². The number of tetrazole rings is 1. The third-order valence-corrected chi connectivity index (χ3v) is 3.51. The van der Waals surface area contributed by atoms with Gasteiger partial charge < -0.3 is 9.84 Å². The van der Waals surface area contributed by atoms with Crippen LogP contribution in [0.25, 0.3) is 0 Å². The summed E-state index contributed by atoms with van der Waals surface area (Å²) < 4.78 is 5.73. The highest BCUT2D eigenvalue weighted by atomic mass is 16.5. The van der Waals surface area contributed by atoms with Crippen LogP contribution in [0.2, 0.25) is 0 Å². The molecule has 0 spiro atoms. The average molecular weight is 240 g/mol. The molecule has 17 heavy (non-hydrogen) atoms. The Morgan fingerprint density at radius 2 is 2.29 bits per heavy atom. The van der Waals surface area contributed by atoms with E-state index in [0.29, 0.717) is 31.7 Å². The molecule has 1 aliphatic heterocycles. The SMILES string of the molecule is CCC1(C)CC(O)(Cc2nnn(C)n2)CCO1. The maximum absolute atomic E-state index is 10.6. The van der Waals surface area contributed by atoms with Gasteiger partial charge in [0, 0.05) is 19.3 Å². The molecule has 0 bridgehead atoms. The van der Waals surface area contributed by atoms with Crippen molar-refractivity contribution in [2.75, 3.05) is 6.61 Å². The van der Waals surface area contributed by atoms with Gasteiger partial charge in [0.15, 0.2) is 5.82 Å². The molecule has 1 aromatic rings. The molecule has 1 saturated heterocycles. The van der Waals surface area contributed by atoms with E-state index >= 15 is 0 Å². The fraction of sp³-hybridized carbons (Fsp3) is 0.909. The third kappa shape index (κ3) is 2.81. The van der Waals surface area contributed by atoms with E-state index in [1.165, 1.54) is 4.80 Å². The van der Waals surface area contributed by atoms with Crippen LogP contribution in [0.5, 0.6) is 0 Å². The highest BCUT2D eigenvalue weighted by molar-refractivity contribution is 4.98. The van der Waals surface area contributed by atoms with Crippen LogP contribution in [0.1, 0.15) is 38.9 Å². The molecule has 1 aliphatic rings. The first-order valence-electron chi connectivity index (χ1n) is 6.04. The Morgan fingerprint density at radius 3 is 2.88 bits per heavy atom. The Balaban J connectivity index is 2.08. The summed E-state index contributed by atoms with van der Waals surface area (Å²) in [5, 5.41) is 22.4. The number of rotatable bonds is 3. The average Bonchev–Trinajstić information content (AvgIpc) is 2.63. The maximum Gasteiger partial charge on any atom is 0.177 e. The summed E-state index contributed by atoms with van der Waals surface area (Å²) in [5.41, 5.74) is -1.01. The quantitative estimate of drug-likeness (QED) is 0.831. The molecular weight excluding hydrogens is 220 g/mol. The number of ether oxygens (including phenoxy) is 1. The van der Waals surface area contributed by atoms with Gasteiger partial charge in [0.1, 0.15) is 0 Å². The van der Waals surface area contributed by atoms with Gasteiger partial charge in [-0.25, -0.2) is 0 Å². The highest BCUT2D eigenvalue weighted by Crippen LogP contribution is 2.35.